The third-order valence-corrected chi connectivity index (χ3v) is 4.68. The van der Waals surface area contributed by atoms with Gasteiger partial charge < -0.3 is 14.5 Å². The fraction of sp³-hybridized carbons (Fsp3) is 0.273. The van der Waals surface area contributed by atoms with Crippen molar-refractivity contribution in [2.24, 2.45) is 0 Å². The van der Waals surface area contributed by atoms with Crippen LogP contribution < -0.4 is 10.1 Å². The molecule has 5 nitrogen and oxygen atoms in total. The summed E-state index contributed by atoms with van der Waals surface area (Å²) in [5, 5.41) is 2.86. The molecule has 4 rings (SSSR count). The van der Waals surface area contributed by atoms with Gasteiger partial charge in [-0.25, -0.2) is 4.98 Å². The summed E-state index contributed by atoms with van der Waals surface area (Å²) in [4.78, 5) is 16.4. The molecule has 5 heteroatoms. The third kappa shape index (κ3) is 4.37. The topological polar surface area (TPSA) is 64.4 Å². The Labute approximate surface area is 158 Å². The Morgan fingerprint density at radius 3 is 2.85 bits per heavy atom. The molecule has 1 aliphatic rings. The highest BCUT2D eigenvalue weighted by molar-refractivity contribution is 5.78. The standard InChI is InChI=1S/C22H22N2O3/c25-21(14-19-15-27-22(24-19)17-5-2-1-3-6-17)23-11-12-26-20-10-9-16-7-4-8-18(16)13-20/h1-3,5-6,9-10,13,15H,4,7-8,11-12,14H2,(H,23,25). The quantitative estimate of drug-likeness (QED) is 0.653. The molecule has 138 valence electrons. The number of hydrogen-bond acceptors (Lipinski definition) is 4. The Kier molecular flexibility index (Phi) is 5.19. The summed E-state index contributed by atoms with van der Waals surface area (Å²) >= 11 is 0. The number of amides is 1. The minimum Gasteiger partial charge on any atom is -0.492 e. The number of fused-ring (bicyclic) bond motifs is 1. The average Bonchev–Trinajstić information content (AvgIpc) is 3.35. The predicted molar refractivity (Wildman–Crippen MR) is 103 cm³/mol. The average molecular weight is 362 g/mol. The van der Waals surface area contributed by atoms with Gasteiger partial charge in [-0.1, -0.05) is 24.3 Å². The summed E-state index contributed by atoms with van der Waals surface area (Å²) in [6.07, 6.45) is 5.24. The molecular weight excluding hydrogens is 340 g/mol. The van der Waals surface area contributed by atoms with Crippen LogP contribution in [-0.2, 0) is 24.1 Å². The van der Waals surface area contributed by atoms with E-state index in [0.717, 1.165) is 17.7 Å². The van der Waals surface area contributed by atoms with Gasteiger partial charge in [-0.05, 0) is 54.7 Å². The molecule has 0 saturated heterocycles. The van der Waals surface area contributed by atoms with E-state index in [4.69, 9.17) is 9.15 Å². The number of hydrogen-bond donors (Lipinski definition) is 1. The van der Waals surface area contributed by atoms with Gasteiger partial charge in [0.25, 0.3) is 0 Å². The maximum Gasteiger partial charge on any atom is 0.226 e. The molecule has 1 aliphatic carbocycles. The lowest BCUT2D eigenvalue weighted by Crippen LogP contribution is -2.29. The zero-order valence-corrected chi connectivity index (χ0v) is 15.1. The summed E-state index contributed by atoms with van der Waals surface area (Å²) in [5.41, 5.74) is 4.33. The van der Waals surface area contributed by atoms with Gasteiger partial charge in [0.15, 0.2) is 0 Å². The molecule has 1 N–H and O–H groups in total. The summed E-state index contributed by atoms with van der Waals surface area (Å²) in [7, 11) is 0. The number of nitrogens with one attached hydrogen (secondary N) is 1. The lowest BCUT2D eigenvalue weighted by atomic mass is 10.1. The van der Waals surface area contributed by atoms with Crippen molar-refractivity contribution in [3.8, 4) is 17.2 Å². The number of carbonyl (C=O) groups excluding carboxylic acids is 1. The van der Waals surface area contributed by atoms with E-state index in [1.165, 1.54) is 30.2 Å². The van der Waals surface area contributed by atoms with Gasteiger partial charge in [-0.15, -0.1) is 0 Å². The number of benzene rings is 2. The van der Waals surface area contributed by atoms with Gasteiger partial charge in [0.05, 0.1) is 18.7 Å². The van der Waals surface area contributed by atoms with E-state index >= 15 is 0 Å². The van der Waals surface area contributed by atoms with Crippen molar-refractivity contribution in [2.75, 3.05) is 13.2 Å². The smallest absolute Gasteiger partial charge is 0.226 e. The van der Waals surface area contributed by atoms with Crippen LogP contribution in [0.1, 0.15) is 23.2 Å². The summed E-state index contributed by atoms with van der Waals surface area (Å²) in [6.45, 7) is 0.901. The molecule has 0 aliphatic heterocycles. The first-order valence-corrected chi connectivity index (χ1v) is 9.29. The number of carbonyl (C=O) groups is 1. The van der Waals surface area contributed by atoms with E-state index in [9.17, 15) is 4.79 Å². The molecular formula is C22H22N2O3. The highest BCUT2D eigenvalue weighted by Crippen LogP contribution is 2.25. The van der Waals surface area contributed by atoms with Crippen LogP contribution in [0.3, 0.4) is 0 Å². The molecule has 0 radical (unpaired) electrons. The molecule has 0 fully saturated rings. The first kappa shape index (κ1) is 17.3. The number of oxazole rings is 1. The van der Waals surface area contributed by atoms with Crippen molar-refractivity contribution < 1.29 is 13.9 Å². The number of nitrogens with zero attached hydrogens (tertiary/aromatic N) is 1. The molecule has 1 amide bonds. The Bertz CT molecular complexity index is 918. The van der Waals surface area contributed by atoms with Crippen molar-refractivity contribution in [1.82, 2.24) is 10.3 Å². The Morgan fingerprint density at radius 1 is 1.11 bits per heavy atom. The largest absolute Gasteiger partial charge is 0.492 e. The van der Waals surface area contributed by atoms with Crippen LogP contribution in [0.4, 0.5) is 0 Å². The summed E-state index contributed by atoms with van der Waals surface area (Å²) in [6, 6.07) is 15.9. The van der Waals surface area contributed by atoms with E-state index in [2.05, 4.69) is 22.4 Å². The number of aromatic nitrogens is 1. The number of ether oxygens (including phenoxy) is 1. The van der Waals surface area contributed by atoms with Crippen LogP contribution in [0.25, 0.3) is 11.5 Å². The summed E-state index contributed by atoms with van der Waals surface area (Å²) in [5.74, 6) is 1.30. The van der Waals surface area contributed by atoms with Crippen molar-refractivity contribution in [3.63, 3.8) is 0 Å². The molecule has 0 spiro atoms. The summed E-state index contributed by atoms with van der Waals surface area (Å²) < 4.78 is 11.2. The van der Waals surface area contributed by atoms with Gasteiger partial charge in [0.1, 0.15) is 18.6 Å². The first-order chi connectivity index (χ1) is 13.3. The monoisotopic (exact) mass is 362 g/mol. The van der Waals surface area contributed by atoms with E-state index in [1.54, 1.807) is 0 Å². The maximum absolute atomic E-state index is 12.1. The lowest BCUT2D eigenvalue weighted by molar-refractivity contribution is -0.120. The van der Waals surface area contributed by atoms with Crippen LogP contribution in [0.2, 0.25) is 0 Å². The lowest BCUT2D eigenvalue weighted by Gasteiger charge is -2.09. The zero-order valence-electron chi connectivity index (χ0n) is 15.1. The molecule has 3 aromatic rings. The first-order valence-electron chi connectivity index (χ1n) is 9.29. The predicted octanol–water partition coefficient (Wildman–Crippen LogP) is 3.57. The molecule has 1 aromatic heterocycles. The molecule has 1 heterocycles. The minimum absolute atomic E-state index is 0.0968. The van der Waals surface area contributed by atoms with Crippen LogP contribution in [0.5, 0.6) is 5.75 Å². The van der Waals surface area contributed by atoms with Crippen molar-refractivity contribution in [3.05, 3.63) is 71.6 Å². The maximum atomic E-state index is 12.1. The van der Waals surface area contributed by atoms with Gasteiger partial charge in [-0.3, -0.25) is 4.79 Å². The van der Waals surface area contributed by atoms with Crippen LogP contribution >= 0.6 is 0 Å². The van der Waals surface area contributed by atoms with Crippen LogP contribution in [0, 0.1) is 0 Å². The van der Waals surface area contributed by atoms with Crippen LogP contribution in [-0.4, -0.2) is 24.0 Å². The molecule has 0 atom stereocenters. The second kappa shape index (κ2) is 8.08. The van der Waals surface area contributed by atoms with Crippen molar-refractivity contribution >= 4 is 5.91 Å². The number of rotatable bonds is 7. The van der Waals surface area contributed by atoms with Gasteiger partial charge in [-0.2, -0.15) is 0 Å². The van der Waals surface area contributed by atoms with E-state index in [-0.39, 0.29) is 12.3 Å². The second-order valence-electron chi connectivity index (χ2n) is 6.67. The molecule has 0 unspecified atom stereocenters. The Morgan fingerprint density at radius 2 is 1.96 bits per heavy atom. The van der Waals surface area contributed by atoms with Gasteiger partial charge >= 0.3 is 0 Å². The fourth-order valence-corrected chi connectivity index (χ4v) is 3.33. The molecule has 27 heavy (non-hydrogen) atoms. The van der Waals surface area contributed by atoms with Gasteiger partial charge in [0, 0.05) is 5.56 Å². The Hall–Kier alpha value is -3.08. The number of aryl methyl sites for hydroxylation is 2. The SMILES string of the molecule is O=C(Cc1coc(-c2ccccc2)n1)NCCOc1ccc2c(c1)CCC2. The third-order valence-electron chi connectivity index (χ3n) is 4.68. The molecule has 0 bridgehead atoms. The van der Waals surface area contributed by atoms with Gasteiger partial charge in [0.2, 0.25) is 11.8 Å². The fourth-order valence-electron chi connectivity index (χ4n) is 3.33. The highest BCUT2D eigenvalue weighted by atomic mass is 16.5. The van der Waals surface area contributed by atoms with E-state index in [0.29, 0.717) is 24.7 Å². The van der Waals surface area contributed by atoms with Crippen LogP contribution in [0.15, 0.2) is 59.2 Å². The highest BCUT2D eigenvalue weighted by Gasteiger charge is 2.12. The molecule has 2 aromatic carbocycles. The van der Waals surface area contributed by atoms with E-state index in [1.807, 2.05) is 36.4 Å². The second-order valence-corrected chi connectivity index (χ2v) is 6.67. The normalized spacial score (nSPS) is 12.6. The van der Waals surface area contributed by atoms with Crippen molar-refractivity contribution in [1.29, 1.82) is 0 Å². The van der Waals surface area contributed by atoms with E-state index < -0.39 is 0 Å². The minimum atomic E-state index is -0.0968. The Balaban J connectivity index is 1.22. The zero-order chi connectivity index (χ0) is 18.5. The van der Waals surface area contributed by atoms with Crippen molar-refractivity contribution in [2.45, 2.75) is 25.7 Å². The molecule has 0 saturated carbocycles.